The summed E-state index contributed by atoms with van der Waals surface area (Å²) in [5.41, 5.74) is 0.581. The van der Waals surface area contributed by atoms with E-state index in [1.807, 2.05) is 30.3 Å². The summed E-state index contributed by atoms with van der Waals surface area (Å²) >= 11 is 5.08. The van der Waals surface area contributed by atoms with Crippen molar-refractivity contribution < 1.29 is 9.59 Å². The lowest BCUT2D eigenvalue weighted by Gasteiger charge is -2.06. The molecule has 4 heteroatoms. The first-order chi connectivity index (χ1) is 7.68. The lowest BCUT2D eigenvalue weighted by Crippen LogP contribution is -2.18. The summed E-state index contributed by atoms with van der Waals surface area (Å²) in [4.78, 5) is 21.8. The fourth-order valence-electron chi connectivity index (χ4n) is 1.51. The van der Waals surface area contributed by atoms with E-state index in [0.29, 0.717) is 5.69 Å². The van der Waals surface area contributed by atoms with Gasteiger partial charge in [-0.1, -0.05) is 36.4 Å². The number of rotatable bonds is 2. The summed E-state index contributed by atoms with van der Waals surface area (Å²) in [7, 11) is 0. The van der Waals surface area contributed by atoms with E-state index < -0.39 is 11.1 Å². The van der Waals surface area contributed by atoms with Crippen LogP contribution in [0, 0.1) is 0 Å². The summed E-state index contributed by atoms with van der Waals surface area (Å²) < 4.78 is 0. The Bertz CT molecular complexity index is 560. The highest BCUT2D eigenvalue weighted by atomic mass is 35.5. The summed E-state index contributed by atoms with van der Waals surface area (Å²) in [6.07, 6.45) is 0. The standard InChI is InChI=1S/C12H8ClNO2/c13-11(15)12(16)14-10-7-3-5-8-4-1-2-6-9(8)10/h1-7H,(H,14,16). The molecule has 3 nitrogen and oxygen atoms in total. The van der Waals surface area contributed by atoms with Crippen molar-refractivity contribution in [3.8, 4) is 0 Å². The van der Waals surface area contributed by atoms with Crippen molar-refractivity contribution >= 4 is 39.2 Å². The van der Waals surface area contributed by atoms with Crippen LogP contribution in [0.1, 0.15) is 0 Å². The van der Waals surface area contributed by atoms with Gasteiger partial charge in [0.25, 0.3) is 0 Å². The summed E-state index contributed by atoms with van der Waals surface area (Å²) in [5, 5.41) is 3.30. The molecule has 0 radical (unpaired) electrons. The minimum atomic E-state index is -1.02. The van der Waals surface area contributed by atoms with Gasteiger partial charge in [-0.2, -0.15) is 0 Å². The molecule has 1 amide bonds. The summed E-state index contributed by atoms with van der Waals surface area (Å²) in [5.74, 6) is -0.821. The van der Waals surface area contributed by atoms with Gasteiger partial charge >= 0.3 is 11.1 Å². The molecule has 2 rings (SSSR count). The van der Waals surface area contributed by atoms with Crippen LogP contribution in [0.25, 0.3) is 10.8 Å². The lowest BCUT2D eigenvalue weighted by molar-refractivity contribution is -0.130. The lowest BCUT2D eigenvalue weighted by atomic mass is 10.1. The second-order valence-electron chi connectivity index (χ2n) is 3.25. The number of fused-ring (bicyclic) bond motifs is 1. The molecule has 0 saturated carbocycles. The SMILES string of the molecule is O=C(Cl)C(=O)Nc1cccc2ccccc12. The number of benzene rings is 2. The van der Waals surface area contributed by atoms with Crippen LogP contribution in [-0.4, -0.2) is 11.1 Å². The van der Waals surface area contributed by atoms with Crippen molar-refractivity contribution in [2.75, 3.05) is 5.32 Å². The second-order valence-corrected chi connectivity index (χ2v) is 3.60. The zero-order valence-electron chi connectivity index (χ0n) is 8.24. The molecule has 0 aliphatic carbocycles. The molecule has 16 heavy (non-hydrogen) atoms. The van der Waals surface area contributed by atoms with Crippen LogP contribution in [0.5, 0.6) is 0 Å². The van der Waals surface area contributed by atoms with Crippen molar-refractivity contribution in [3.05, 3.63) is 42.5 Å². The van der Waals surface area contributed by atoms with Crippen LogP contribution in [0.15, 0.2) is 42.5 Å². The molecular weight excluding hydrogens is 226 g/mol. The molecule has 0 bridgehead atoms. The molecule has 2 aromatic carbocycles. The maximum Gasteiger partial charge on any atom is 0.310 e. The van der Waals surface area contributed by atoms with Crippen LogP contribution >= 0.6 is 11.6 Å². The van der Waals surface area contributed by atoms with Crippen LogP contribution < -0.4 is 5.32 Å². The Kier molecular flexibility index (Phi) is 2.88. The average Bonchev–Trinajstić information content (AvgIpc) is 2.29. The first-order valence-electron chi connectivity index (χ1n) is 4.67. The zero-order valence-corrected chi connectivity index (χ0v) is 8.99. The van der Waals surface area contributed by atoms with E-state index in [-0.39, 0.29) is 0 Å². The maximum absolute atomic E-state index is 11.2. The molecule has 0 fully saturated rings. The molecule has 2 aromatic rings. The fourth-order valence-corrected chi connectivity index (χ4v) is 1.55. The van der Waals surface area contributed by atoms with Gasteiger partial charge in [-0.05, 0) is 23.1 Å². The van der Waals surface area contributed by atoms with E-state index in [9.17, 15) is 9.59 Å². The van der Waals surface area contributed by atoms with E-state index in [1.54, 1.807) is 12.1 Å². The van der Waals surface area contributed by atoms with E-state index in [1.165, 1.54) is 0 Å². The number of anilines is 1. The van der Waals surface area contributed by atoms with Crippen LogP contribution in [0.4, 0.5) is 5.69 Å². The molecule has 0 aliphatic heterocycles. The molecule has 0 aliphatic rings. The molecule has 0 unspecified atom stereocenters. The second kappa shape index (κ2) is 4.33. The van der Waals surface area contributed by atoms with Crippen molar-refractivity contribution in [3.63, 3.8) is 0 Å². The highest BCUT2D eigenvalue weighted by Crippen LogP contribution is 2.22. The molecule has 0 atom stereocenters. The van der Waals surface area contributed by atoms with Gasteiger partial charge in [-0.3, -0.25) is 9.59 Å². The van der Waals surface area contributed by atoms with E-state index in [0.717, 1.165) is 10.8 Å². The number of carbonyl (C=O) groups excluding carboxylic acids is 2. The number of nitrogens with one attached hydrogen (secondary N) is 1. The van der Waals surface area contributed by atoms with Gasteiger partial charge in [-0.25, -0.2) is 0 Å². The van der Waals surface area contributed by atoms with Crippen molar-refractivity contribution in [1.29, 1.82) is 0 Å². The maximum atomic E-state index is 11.2. The fraction of sp³-hybridized carbons (Fsp3) is 0. The summed E-state index contributed by atoms with van der Waals surface area (Å²) in [6, 6.07) is 13.0. The predicted octanol–water partition coefficient (Wildman–Crippen LogP) is 2.54. The van der Waals surface area contributed by atoms with Gasteiger partial charge in [0, 0.05) is 11.1 Å². The molecule has 1 N–H and O–H groups in total. The van der Waals surface area contributed by atoms with Crippen molar-refractivity contribution in [2.24, 2.45) is 0 Å². The third kappa shape index (κ3) is 2.04. The number of carbonyl (C=O) groups is 2. The monoisotopic (exact) mass is 233 g/mol. The van der Waals surface area contributed by atoms with Gasteiger partial charge in [0.15, 0.2) is 0 Å². The number of hydrogen-bond acceptors (Lipinski definition) is 2. The molecular formula is C12H8ClNO2. The third-order valence-electron chi connectivity index (χ3n) is 2.22. The van der Waals surface area contributed by atoms with Crippen molar-refractivity contribution in [1.82, 2.24) is 0 Å². The van der Waals surface area contributed by atoms with Crippen LogP contribution in [-0.2, 0) is 9.59 Å². The Hall–Kier alpha value is -1.87. The van der Waals surface area contributed by atoms with Gasteiger partial charge in [-0.15, -0.1) is 0 Å². The molecule has 0 heterocycles. The third-order valence-corrected chi connectivity index (χ3v) is 2.39. The Morgan fingerprint density at radius 2 is 1.69 bits per heavy atom. The molecule has 80 valence electrons. The van der Waals surface area contributed by atoms with Crippen molar-refractivity contribution in [2.45, 2.75) is 0 Å². The quantitative estimate of drug-likeness (QED) is 0.640. The normalized spacial score (nSPS) is 10.1. The van der Waals surface area contributed by atoms with Crippen LogP contribution in [0.3, 0.4) is 0 Å². The van der Waals surface area contributed by atoms with E-state index >= 15 is 0 Å². The Morgan fingerprint density at radius 3 is 2.44 bits per heavy atom. The van der Waals surface area contributed by atoms with E-state index in [2.05, 4.69) is 5.32 Å². The Morgan fingerprint density at radius 1 is 1.00 bits per heavy atom. The van der Waals surface area contributed by atoms with Gasteiger partial charge < -0.3 is 5.32 Å². The summed E-state index contributed by atoms with van der Waals surface area (Å²) in [6.45, 7) is 0. The Balaban J connectivity index is 2.45. The molecule has 0 spiro atoms. The smallest absolute Gasteiger partial charge is 0.310 e. The topological polar surface area (TPSA) is 46.2 Å². The number of halogens is 1. The van der Waals surface area contributed by atoms with Gasteiger partial charge in [0.05, 0.1) is 0 Å². The first kappa shape index (κ1) is 10.6. The van der Waals surface area contributed by atoms with E-state index in [4.69, 9.17) is 11.6 Å². The number of hydrogen-bond donors (Lipinski definition) is 1. The highest BCUT2D eigenvalue weighted by Gasteiger charge is 2.11. The van der Waals surface area contributed by atoms with Gasteiger partial charge in [0.2, 0.25) is 0 Å². The number of amides is 1. The zero-order chi connectivity index (χ0) is 11.5. The minimum Gasteiger partial charge on any atom is -0.318 e. The molecule has 0 aromatic heterocycles. The Labute approximate surface area is 97.0 Å². The highest BCUT2D eigenvalue weighted by molar-refractivity contribution is 6.82. The first-order valence-corrected chi connectivity index (χ1v) is 5.05. The molecule has 0 saturated heterocycles. The van der Waals surface area contributed by atoms with Crippen LogP contribution in [0.2, 0.25) is 0 Å². The largest absolute Gasteiger partial charge is 0.318 e. The van der Waals surface area contributed by atoms with Gasteiger partial charge in [0.1, 0.15) is 0 Å². The average molecular weight is 234 g/mol. The predicted molar refractivity (Wildman–Crippen MR) is 63.4 cm³/mol. The minimum absolute atomic E-state index is 0.581.